The summed E-state index contributed by atoms with van der Waals surface area (Å²) in [6.45, 7) is 0.739. The normalized spacial score (nSPS) is 17.9. The monoisotopic (exact) mass is 262 g/mol. The van der Waals surface area contributed by atoms with Gasteiger partial charge in [0.15, 0.2) is 0 Å². The molecule has 0 bridgehead atoms. The summed E-state index contributed by atoms with van der Waals surface area (Å²) in [5.41, 5.74) is 8.60. The zero-order chi connectivity index (χ0) is 12.7. The number of hydrogen-bond donors (Lipinski definition) is 1. The van der Waals surface area contributed by atoms with Gasteiger partial charge >= 0.3 is 0 Å². The largest absolute Gasteiger partial charge is 0.347 e. The molecule has 2 aromatic rings. The van der Waals surface area contributed by atoms with Gasteiger partial charge in [0.1, 0.15) is 0 Å². The summed E-state index contributed by atoms with van der Waals surface area (Å²) in [5.74, 6) is 1.27. The van der Waals surface area contributed by atoms with E-state index in [1.807, 2.05) is 12.1 Å². The first-order valence-electron chi connectivity index (χ1n) is 6.65. The van der Waals surface area contributed by atoms with Crippen LogP contribution >= 0.6 is 11.6 Å². The molecular weight excluding hydrogens is 244 g/mol. The molecule has 1 unspecified atom stereocenters. The molecule has 1 heterocycles. The fourth-order valence-corrected chi connectivity index (χ4v) is 3.27. The Morgan fingerprint density at radius 3 is 2.78 bits per heavy atom. The van der Waals surface area contributed by atoms with Crippen molar-refractivity contribution >= 4 is 22.5 Å². The van der Waals surface area contributed by atoms with Gasteiger partial charge < -0.3 is 10.3 Å². The number of aryl methyl sites for hydroxylation is 1. The lowest BCUT2D eigenvalue weighted by Gasteiger charge is -2.33. The third-order valence-electron chi connectivity index (χ3n) is 4.39. The molecule has 1 aliphatic carbocycles. The SMILES string of the molecule is Cn1c(C(CN)C2CCC2)cc2cc(Cl)ccc21. The van der Waals surface area contributed by atoms with E-state index in [9.17, 15) is 0 Å². The van der Waals surface area contributed by atoms with Gasteiger partial charge in [-0.15, -0.1) is 0 Å². The highest BCUT2D eigenvalue weighted by Crippen LogP contribution is 2.40. The molecule has 3 rings (SSSR count). The fourth-order valence-electron chi connectivity index (χ4n) is 3.09. The summed E-state index contributed by atoms with van der Waals surface area (Å²) in [4.78, 5) is 0. The van der Waals surface area contributed by atoms with Crippen LogP contribution in [0.4, 0.5) is 0 Å². The van der Waals surface area contributed by atoms with Crippen molar-refractivity contribution in [1.29, 1.82) is 0 Å². The van der Waals surface area contributed by atoms with Crippen LogP contribution < -0.4 is 5.73 Å². The van der Waals surface area contributed by atoms with Gasteiger partial charge in [-0.2, -0.15) is 0 Å². The number of benzene rings is 1. The van der Waals surface area contributed by atoms with Gasteiger partial charge in [0.05, 0.1) is 0 Å². The van der Waals surface area contributed by atoms with Crippen LogP contribution in [0.5, 0.6) is 0 Å². The first-order chi connectivity index (χ1) is 8.70. The topological polar surface area (TPSA) is 30.9 Å². The minimum Gasteiger partial charge on any atom is -0.347 e. The minimum atomic E-state index is 0.495. The molecule has 0 radical (unpaired) electrons. The van der Waals surface area contributed by atoms with E-state index in [1.54, 1.807) is 0 Å². The third-order valence-corrected chi connectivity index (χ3v) is 4.63. The van der Waals surface area contributed by atoms with Crippen LogP contribution in [0.2, 0.25) is 5.02 Å². The van der Waals surface area contributed by atoms with Crippen LogP contribution in [0.25, 0.3) is 10.9 Å². The molecule has 0 aliphatic heterocycles. The standard InChI is InChI=1S/C15H19ClN2/c1-18-14-6-5-12(16)7-11(14)8-15(18)13(9-17)10-3-2-4-10/h5-8,10,13H,2-4,9,17H2,1H3. The fraction of sp³-hybridized carbons (Fsp3) is 0.467. The molecule has 1 atom stereocenters. The van der Waals surface area contributed by atoms with Crippen molar-refractivity contribution in [2.75, 3.05) is 6.54 Å². The Hall–Kier alpha value is -0.990. The van der Waals surface area contributed by atoms with E-state index in [0.29, 0.717) is 5.92 Å². The summed E-state index contributed by atoms with van der Waals surface area (Å²) < 4.78 is 2.28. The molecule has 2 nitrogen and oxygen atoms in total. The number of fused-ring (bicyclic) bond motifs is 1. The first-order valence-corrected chi connectivity index (χ1v) is 7.03. The summed E-state index contributed by atoms with van der Waals surface area (Å²) >= 11 is 6.06. The zero-order valence-corrected chi connectivity index (χ0v) is 11.5. The Labute approximate surface area is 113 Å². The second-order valence-electron chi connectivity index (χ2n) is 5.36. The summed E-state index contributed by atoms with van der Waals surface area (Å²) in [6.07, 6.45) is 4.01. The Bertz CT molecular complexity index is 569. The van der Waals surface area contributed by atoms with Crippen molar-refractivity contribution < 1.29 is 0 Å². The summed E-state index contributed by atoms with van der Waals surface area (Å²) in [6, 6.07) is 8.34. The van der Waals surface area contributed by atoms with Crippen molar-refractivity contribution in [2.24, 2.45) is 18.7 Å². The van der Waals surface area contributed by atoms with E-state index >= 15 is 0 Å². The second-order valence-corrected chi connectivity index (χ2v) is 5.80. The Balaban J connectivity index is 2.07. The number of hydrogen-bond acceptors (Lipinski definition) is 1. The molecule has 1 aliphatic rings. The molecular formula is C15H19ClN2. The highest BCUT2D eigenvalue weighted by Gasteiger charge is 2.29. The van der Waals surface area contributed by atoms with E-state index < -0.39 is 0 Å². The zero-order valence-electron chi connectivity index (χ0n) is 10.7. The van der Waals surface area contributed by atoms with Gasteiger partial charge in [-0.25, -0.2) is 0 Å². The van der Waals surface area contributed by atoms with Crippen LogP contribution in [-0.4, -0.2) is 11.1 Å². The lowest BCUT2D eigenvalue weighted by Crippen LogP contribution is -2.28. The van der Waals surface area contributed by atoms with Crippen molar-refractivity contribution in [3.05, 3.63) is 35.0 Å². The number of halogens is 1. The molecule has 0 saturated heterocycles. The van der Waals surface area contributed by atoms with E-state index in [4.69, 9.17) is 17.3 Å². The smallest absolute Gasteiger partial charge is 0.0481 e. The van der Waals surface area contributed by atoms with Crippen LogP contribution in [0, 0.1) is 5.92 Å². The van der Waals surface area contributed by atoms with Gasteiger partial charge in [-0.1, -0.05) is 18.0 Å². The molecule has 1 fully saturated rings. The summed E-state index contributed by atoms with van der Waals surface area (Å²) in [5, 5.41) is 2.02. The molecule has 1 aromatic heterocycles. The van der Waals surface area contributed by atoms with Gasteiger partial charge in [0, 0.05) is 41.1 Å². The van der Waals surface area contributed by atoms with Gasteiger partial charge in [0.2, 0.25) is 0 Å². The van der Waals surface area contributed by atoms with Crippen molar-refractivity contribution in [1.82, 2.24) is 4.57 Å². The highest BCUT2D eigenvalue weighted by atomic mass is 35.5. The molecule has 1 saturated carbocycles. The van der Waals surface area contributed by atoms with Crippen molar-refractivity contribution in [3.63, 3.8) is 0 Å². The van der Waals surface area contributed by atoms with E-state index in [2.05, 4.69) is 23.7 Å². The van der Waals surface area contributed by atoms with Crippen molar-refractivity contribution in [2.45, 2.75) is 25.2 Å². The molecule has 0 spiro atoms. The third kappa shape index (κ3) is 1.84. The van der Waals surface area contributed by atoms with Crippen LogP contribution in [0.1, 0.15) is 30.9 Å². The van der Waals surface area contributed by atoms with Gasteiger partial charge in [0.25, 0.3) is 0 Å². The molecule has 3 heteroatoms. The number of nitrogens with zero attached hydrogens (tertiary/aromatic N) is 1. The molecule has 96 valence electrons. The molecule has 18 heavy (non-hydrogen) atoms. The summed E-state index contributed by atoms with van der Waals surface area (Å²) in [7, 11) is 2.13. The maximum Gasteiger partial charge on any atom is 0.0481 e. The number of nitrogens with two attached hydrogens (primary N) is 1. The minimum absolute atomic E-state index is 0.495. The highest BCUT2D eigenvalue weighted by molar-refractivity contribution is 6.31. The van der Waals surface area contributed by atoms with Crippen molar-refractivity contribution in [3.8, 4) is 0 Å². The Kier molecular flexibility index (Phi) is 3.08. The van der Waals surface area contributed by atoms with E-state index in [0.717, 1.165) is 17.5 Å². The second kappa shape index (κ2) is 4.60. The quantitative estimate of drug-likeness (QED) is 0.899. The van der Waals surface area contributed by atoms with E-state index in [1.165, 1.54) is 35.9 Å². The predicted octanol–water partition coefficient (Wildman–Crippen LogP) is 3.67. The lowest BCUT2D eigenvalue weighted by molar-refractivity contribution is 0.258. The number of aromatic nitrogens is 1. The van der Waals surface area contributed by atoms with Gasteiger partial charge in [-0.05, 0) is 43.0 Å². The Morgan fingerprint density at radius 1 is 1.39 bits per heavy atom. The Morgan fingerprint density at radius 2 is 2.17 bits per heavy atom. The van der Waals surface area contributed by atoms with E-state index in [-0.39, 0.29) is 0 Å². The first kappa shape index (κ1) is 12.1. The molecule has 1 aromatic carbocycles. The maximum absolute atomic E-state index is 6.06. The maximum atomic E-state index is 6.06. The molecule has 0 amide bonds. The van der Waals surface area contributed by atoms with Crippen LogP contribution in [0.15, 0.2) is 24.3 Å². The molecule has 2 N–H and O–H groups in total. The number of rotatable bonds is 3. The average Bonchev–Trinajstić information content (AvgIpc) is 2.60. The van der Waals surface area contributed by atoms with Crippen LogP contribution in [-0.2, 0) is 7.05 Å². The predicted molar refractivity (Wildman–Crippen MR) is 77.1 cm³/mol. The lowest BCUT2D eigenvalue weighted by atomic mass is 9.74. The average molecular weight is 263 g/mol. The van der Waals surface area contributed by atoms with Gasteiger partial charge in [-0.3, -0.25) is 0 Å². The van der Waals surface area contributed by atoms with Crippen LogP contribution in [0.3, 0.4) is 0 Å².